The first-order valence-corrected chi connectivity index (χ1v) is 14.8. The van der Waals surface area contributed by atoms with Crippen molar-refractivity contribution in [2.75, 3.05) is 12.8 Å². The van der Waals surface area contributed by atoms with Crippen molar-refractivity contribution in [3.63, 3.8) is 0 Å². The van der Waals surface area contributed by atoms with E-state index < -0.39 is 17.1 Å². The number of benzene rings is 3. The summed E-state index contributed by atoms with van der Waals surface area (Å²) in [6.45, 7) is 0.863. The highest BCUT2D eigenvalue weighted by molar-refractivity contribution is 9.10. The van der Waals surface area contributed by atoms with Crippen LogP contribution < -0.4 is 11.0 Å². The van der Waals surface area contributed by atoms with Crippen LogP contribution >= 0.6 is 27.5 Å². The van der Waals surface area contributed by atoms with Crippen molar-refractivity contribution in [1.29, 1.82) is 0 Å². The number of rotatable bonds is 6. The van der Waals surface area contributed by atoms with E-state index in [1.165, 1.54) is 4.57 Å². The fourth-order valence-corrected chi connectivity index (χ4v) is 5.51. The third-order valence-electron chi connectivity index (χ3n) is 6.57. The van der Waals surface area contributed by atoms with Gasteiger partial charge in [0.25, 0.3) is 11.8 Å². The minimum atomic E-state index is -1.19. The molecule has 0 saturated carbocycles. The molecule has 2 heterocycles. The molecule has 0 fully saturated rings. The molecule has 0 saturated heterocycles. The Balaban J connectivity index is 1.54. The fourth-order valence-electron chi connectivity index (χ4n) is 4.57. The van der Waals surface area contributed by atoms with Gasteiger partial charge in [-0.2, -0.15) is 0 Å². The molecule has 1 N–H and O–H groups in total. The predicted octanol–water partition coefficient (Wildman–Crippen LogP) is 4.38. The van der Waals surface area contributed by atoms with Crippen molar-refractivity contribution in [3.8, 4) is 5.69 Å². The summed E-state index contributed by atoms with van der Waals surface area (Å²) in [5.74, 6) is -0.685. The fraction of sp³-hybridized carbons (Fsp3) is 0.179. The minimum absolute atomic E-state index is 0.0694. The van der Waals surface area contributed by atoms with Gasteiger partial charge in [-0.3, -0.25) is 18.7 Å². The van der Waals surface area contributed by atoms with Crippen molar-refractivity contribution in [2.24, 2.45) is 0 Å². The molecular weight excluding hydrogens is 604 g/mol. The monoisotopic (exact) mass is 626 g/mol. The Morgan fingerprint density at radius 1 is 1.05 bits per heavy atom. The van der Waals surface area contributed by atoms with Gasteiger partial charge in [0.2, 0.25) is 0 Å². The zero-order chi connectivity index (χ0) is 27.7. The van der Waals surface area contributed by atoms with Gasteiger partial charge in [-0.25, -0.2) is 4.79 Å². The molecule has 0 aliphatic carbocycles. The van der Waals surface area contributed by atoms with Crippen LogP contribution in [0.3, 0.4) is 0 Å². The summed E-state index contributed by atoms with van der Waals surface area (Å²) in [5, 5.41) is 3.34. The Morgan fingerprint density at radius 2 is 1.77 bits per heavy atom. The zero-order valence-corrected chi connectivity index (χ0v) is 24.1. The predicted molar refractivity (Wildman–Crippen MR) is 154 cm³/mol. The Kier molecular flexibility index (Phi) is 7.99. The summed E-state index contributed by atoms with van der Waals surface area (Å²) in [6, 6.07) is 21.1. The molecule has 1 aromatic heterocycles. The number of nitrogens with zero attached hydrogens (tertiary/aromatic N) is 3. The molecule has 1 aliphatic heterocycles. The number of carbonyl (C=O) groups excluding carboxylic acids is 2. The molecule has 0 bridgehead atoms. The highest BCUT2D eigenvalue weighted by Crippen LogP contribution is 2.26. The molecule has 200 valence electrons. The van der Waals surface area contributed by atoms with Crippen LogP contribution in [0.15, 0.2) is 87.0 Å². The van der Waals surface area contributed by atoms with E-state index in [4.69, 9.17) is 11.6 Å². The Hall–Kier alpha value is -3.31. The SMILES string of the molecule is C[S+]([O-])c1ccc(-n2c(C(=O)NCc3ccccc3)c3n(c2=O)CCN(C(=O)c2ccc(Br)c(Cl)c2)C3)cc1. The van der Waals surface area contributed by atoms with Gasteiger partial charge in [-0.1, -0.05) is 41.9 Å². The first-order chi connectivity index (χ1) is 18.7. The number of aromatic nitrogens is 2. The Labute approximate surface area is 241 Å². The van der Waals surface area contributed by atoms with Crippen LogP contribution in [0.25, 0.3) is 5.69 Å². The van der Waals surface area contributed by atoms with Gasteiger partial charge < -0.3 is 14.8 Å². The van der Waals surface area contributed by atoms with Crippen molar-refractivity contribution in [3.05, 3.63) is 115 Å². The van der Waals surface area contributed by atoms with Crippen LogP contribution in [-0.4, -0.2) is 43.2 Å². The average Bonchev–Trinajstić information content (AvgIpc) is 3.25. The lowest BCUT2D eigenvalue weighted by atomic mass is 10.1. The lowest BCUT2D eigenvalue weighted by Gasteiger charge is -2.28. The van der Waals surface area contributed by atoms with E-state index in [0.717, 1.165) is 5.56 Å². The van der Waals surface area contributed by atoms with Gasteiger partial charge in [0.15, 0.2) is 4.90 Å². The summed E-state index contributed by atoms with van der Waals surface area (Å²) in [7, 11) is 0. The standard InChI is InChI=1S/C28H24BrClN4O4S/c1-39(38)21-10-8-20(9-11-21)34-25(26(35)31-16-18-5-3-2-4-6-18)24-17-32(13-14-33(24)28(34)37)27(36)19-7-12-22(29)23(30)15-19/h2-12,15H,13-14,16-17H2,1H3,(H,31,35). The molecule has 5 rings (SSSR count). The number of hydrogen-bond donors (Lipinski definition) is 1. The topological polar surface area (TPSA) is 99.4 Å². The van der Waals surface area contributed by atoms with Gasteiger partial charge in [0, 0.05) is 29.7 Å². The molecule has 39 heavy (non-hydrogen) atoms. The molecule has 3 aromatic carbocycles. The van der Waals surface area contributed by atoms with Crippen LogP contribution in [0, 0.1) is 0 Å². The van der Waals surface area contributed by atoms with Crippen LogP contribution in [0.2, 0.25) is 5.02 Å². The largest absolute Gasteiger partial charge is 0.612 e. The molecule has 2 amide bonds. The van der Waals surface area contributed by atoms with Crippen molar-refractivity contribution < 1.29 is 14.1 Å². The number of halogens is 2. The van der Waals surface area contributed by atoms with Crippen molar-refractivity contribution in [1.82, 2.24) is 19.4 Å². The van der Waals surface area contributed by atoms with Crippen LogP contribution in [0.1, 0.15) is 32.1 Å². The molecule has 1 aliphatic rings. The maximum absolute atomic E-state index is 13.6. The van der Waals surface area contributed by atoms with Gasteiger partial charge in [0.05, 0.1) is 22.9 Å². The van der Waals surface area contributed by atoms with E-state index in [9.17, 15) is 18.9 Å². The molecule has 0 radical (unpaired) electrons. The third kappa shape index (κ3) is 5.56. The normalized spacial score (nSPS) is 13.6. The molecule has 4 aromatic rings. The maximum atomic E-state index is 13.6. The van der Waals surface area contributed by atoms with Gasteiger partial charge in [0.1, 0.15) is 11.9 Å². The van der Waals surface area contributed by atoms with E-state index in [1.54, 1.807) is 58.2 Å². The Morgan fingerprint density at radius 3 is 2.44 bits per heavy atom. The van der Waals surface area contributed by atoms with Crippen LogP contribution in [0.4, 0.5) is 0 Å². The molecular formula is C28H24BrClN4O4S. The average molecular weight is 628 g/mol. The molecule has 8 nitrogen and oxygen atoms in total. The Bertz CT molecular complexity index is 1600. The summed E-state index contributed by atoms with van der Waals surface area (Å²) >= 11 is 8.36. The first kappa shape index (κ1) is 27.3. The number of amides is 2. The highest BCUT2D eigenvalue weighted by Gasteiger charge is 2.32. The third-order valence-corrected chi connectivity index (χ3v) is 8.74. The number of imidazole rings is 1. The van der Waals surface area contributed by atoms with Crippen LogP contribution in [0.5, 0.6) is 0 Å². The summed E-state index contributed by atoms with van der Waals surface area (Å²) < 4.78 is 15.5. The van der Waals surface area contributed by atoms with E-state index in [0.29, 0.717) is 37.9 Å². The van der Waals surface area contributed by atoms with Crippen molar-refractivity contribution >= 4 is 50.5 Å². The number of fused-ring (bicyclic) bond motifs is 1. The van der Waals surface area contributed by atoms with E-state index in [-0.39, 0.29) is 36.9 Å². The summed E-state index contributed by atoms with van der Waals surface area (Å²) in [5.41, 5.74) is 2.02. The molecule has 1 atom stereocenters. The lowest BCUT2D eigenvalue weighted by molar-refractivity contribution is 0.0706. The second-order valence-electron chi connectivity index (χ2n) is 9.04. The molecule has 1 unspecified atom stereocenters. The first-order valence-electron chi connectivity index (χ1n) is 12.1. The quantitative estimate of drug-likeness (QED) is 0.321. The summed E-state index contributed by atoms with van der Waals surface area (Å²) in [6.07, 6.45) is 1.57. The second kappa shape index (κ2) is 11.4. The van der Waals surface area contributed by atoms with E-state index in [1.807, 2.05) is 30.3 Å². The van der Waals surface area contributed by atoms with Crippen molar-refractivity contribution in [2.45, 2.75) is 24.5 Å². The number of carbonyl (C=O) groups is 2. The molecule has 11 heteroatoms. The lowest BCUT2D eigenvalue weighted by Crippen LogP contribution is -2.41. The molecule has 0 spiro atoms. The minimum Gasteiger partial charge on any atom is -0.612 e. The van der Waals surface area contributed by atoms with Crippen LogP contribution in [-0.2, 0) is 30.8 Å². The van der Waals surface area contributed by atoms with E-state index in [2.05, 4.69) is 21.2 Å². The number of hydrogen-bond acceptors (Lipinski definition) is 4. The maximum Gasteiger partial charge on any atom is 0.333 e. The smallest absolute Gasteiger partial charge is 0.333 e. The number of nitrogens with one attached hydrogen (secondary N) is 1. The zero-order valence-electron chi connectivity index (χ0n) is 20.9. The van der Waals surface area contributed by atoms with Gasteiger partial charge >= 0.3 is 5.69 Å². The second-order valence-corrected chi connectivity index (χ2v) is 11.7. The summed E-state index contributed by atoms with van der Waals surface area (Å²) in [4.78, 5) is 42.8. The highest BCUT2D eigenvalue weighted by atomic mass is 79.9. The van der Waals surface area contributed by atoms with Gasteiger partial charge in [-0.15, -0.1) is 0 Å². The van der Waals surface area contributed by atoms with Gasteiger partial charge in [-0.05, 0) is 75.1 Å². The van der Waals surface area contributed by atoms with E-state index >= 15 is 0 Å².